The average Bonchev–Trinajstić information content (AvgIpc) is 3.49. The number of fused-ring (bicyclic) bond motifs is 4. The minimum atomic E-state index is -1.58. The van der Waals surface area contributed by atoms with Crippen molar-refractivity contribution in [1.29, 1.82) is 0 Å². The Balaban J connectivity index is 1.15. The molecule has 4 aliphatic rings. The minimum absolute atomic E-state index is 0.0156. The summed E-state index contributed by atoms with van der Waals surface area (Å²) in [6.07, 6.45) is 4.01. The molecule has 3 aromatic rings. The molecule has 4 N–H and O–H groups in total. The zero-order valence-corrected chi connectivity index (χ0v) is 31.5. The lowest BCUT2D eigenvalue weighted by molar-refractivity contribution is -0.225. The molecular formula is C41H49ClN4O7. The Bertz CT molecular complexity index is 1810. The third kappa shape index (κ3) is 6.77. The number of aliphatic hydroxyl groups is 2. The molecule has 1 saturated carbocycles. The van der Waals surface area contributed by atoms with E-state index in [9.17, 15) is 19.8 Å². The number of nitrogens with one attached hydrogen (secondary N) is 2. The van der Waals surface area contributed by atoms with E-state index in [0.717, 1.165) is 17.5 Å². The van der Waals surface area contributed by atoms with Crippen LogP contribution in [0.1, 0.15) is 69.7 Å². The highest BCUT2D eigenvalue weighted by molar-refractivity contribution is 6.33. The summed E-state index contributed by atoms with van der Waals surface area (Å²) in [5.74, 6) is -1.79. The van der Waals surface area contributed by atoms with Gasteiger partial charge in [0, 0.05) is 44.3 Å². The van der Waals surface area contributed by atoms with Crippen LogP contribution in [-0.4, -0.2) is 70.8 Å². The summed E-state index contributed by atoms with van der Waals surface area (Å²) in [5, 5.41) is 33.7. The van der Waals surface area contributed by atoms with Crippen LogP contribution in [0.15, 0.2) is 84.7 Å². The molecule has 2 fully saturated rings. The fraction of sp³-hybridized carbons (Fsp3) is 0.488. The summed E-state index contributed by atoms with van der Waals surface area (Å²) in [6.45, 7) is 7.97. The SMILES string of the molecule is CC(=O)O[C@@H]1C(C)=C[C@@H]2[C@H](C(C)CNC(c3ccccc3)c3cccnc3)CC[C@@H](C)[C@]2(O)[C@H]1OC(=O)[C@@H]1C[C@@]2(O)c3cccc(Cl)c3N(C)O[C@H]2N1. The molecule has 0 bridgehead atoms. The Kier molecular flexibility index (Phi) is 10.4. The topological polar surface area (TPSA) is 142 Å². The summed E-state index contributed by atoms with van der Waals surface area (Å²) < 4.78 is 12.2. The van der Waals surface area contributed by atoms with E-state index in [2.05, 4.69) is 40.7 Å². The van der Waals surface area contributed by atoms with Gasteiger partial charge in [-0.25, -0.2) is 0 Å². The van der Waals surface area contributed by atoms with Gasteiger partial charge in [0.2, 0.25) is 0 Å². The van der Waals surface area contributed by atoms with E-state index in [1.165, 1.54) is 12.0 Å². The van der Waals surface area contributed by atoms with Crippen molar-refractivity contribution in [1.82, 2.24) is 15.6 Å². The number of aromatic nitrogens is 1. The van der Waals surface area contributed by atoms with E-state index in [0.29, 0.717) is 34.8 Å². The second-order valence-corrected chi connectivity index (χ2v) is 15.7. The largest absolute Gasteiger partial charge is 0.454 e. The number of benzene rings is 2. The lowest BCUT2D eigenvalue weighted by Gasteiger charge is -2.56. The van der Waals surface area contributed by atoms with Gasteiger partial charge in [-0.15, -0.1) is 0 Å². The number of pyridine rings is 1. The van der Waals surface area contributed by atoms with Crippen LogP contribution in [-0.2, 0) is 29.5 Å². The first-order valence-corrected chi connectivity index (χ1v) is 18.8. The molecule has 2 aromatic carbocycles. The summed E-state index contributed by atoms with van der Waals surface area (Å²) in [5.41, 5.74) is 0.816. The second kappa shape index (κ2) is 14.8. The maximum absolute atomic E-state index is 14.2. The Morgan fingerprint density at radius 3 is 2.57 bits per heavy atom. The van der Waals surface area contributed by atoms with Gasteiger partial charge in [0.15, 0.2) is 18.4 Å². The highest BCUT2D eigenvalue weighted by atomic mass is 35.5. The van der Waals surface area contributed by atoms with Gasteiger partial charge in [-0.2, -0.15) is 0 Å². The van der Waals surface area contributed by atoms with Crippen LogP contribution in [0.2, 0.25) is 5.02 Å². The van der Waals surface area contributed by atoms with E-state index < -0.39 is 53.5 Å². The molecule has 0 radical (unpaired) electrons. The van der Waals surface area contributed by atoms with Crippen molar-refractivity contribution in [2.24, 2.45) is 23.7 Å². The predicted octanol–water partition coefficient (Wildman–Crippen LogP) is 5.20. The zero-order valence-electron chi connectivity index (χ0n) is 30.7. The number of halogens is 1. The van der Waals surface area contributed by atoms with Crippen molar-refractivity contribution in [3.63, 3.8) is 0 Å². The summed E-state index contributed by atoms with van der Waals surface area (Å²) in [7, 11) is 1.69. The van der Waals surface area contributed by atoms with Gasteiger partial charge in [-0.3, -0.25) is 29.8 Å². The van der Waals surface area contributed by atoms with Gasteiger partial charge in [-0.1, -0.05) is 80.1 Å². The molecule has 1 aromatic heterocycles. The number of carbonyl (C=O) groups excluding carboxylic acids is 2. The molecule has 282 valence electrons. The summed E-state index contributed by atoms with van der Waals surface area (Å²) in [4.78, 5) is 37.0. The smallest absolute Gasteiger partial charge is 0.323 e. The number of rotatable bonds is 9. The van der Waals surface area contributed by atoms with Gasteiger partial charge < -0.3 is 25.0 Å². The first kappa shape index (κ1) is 37.5. The molecule has 11 atom stereocenters. The minimum Gasteiger partial charge on any atom is -0.454 e. The number of hydrogen-bond acceptors (Lipinski definition) is 11. The Labute approximate surface area is 315 Å². The molecule has 0 amide bonds. The van der Waals surface area contributed by atoms with Crippen molar-refractivity contribution < 1.29 is 34.1 Å². The van der Waals surface area contributed by atoms with E-state index in [1.807, 2.05) is 50.4 Å². The molecule has 0 spiro atoms. The number of carbonyl (C=O) groups is 2. The fourth-order valence-corrected chi connectivity index (χ4v) is 9.53. The van der Waals surface area contributed by atoms with E-state index in [4.69, 9.17) is 25.9 Å². The predicted molar refractivity (Wildman–Crippen MR) is 199 cm³/mol. The molecular weight excluding hydrogens is 696 g/mol. The van der Waals surface area contributed by atoms with Crippen LogP contribution in [0.5, 0.6) is 0 Å². The number of para-hydroxylation sites is 1. The summed E-state index contributed by atoms with van der Waals surface area (Å²) in [6, 6.07) is 18.4. The van der Waals surface area contributed by atoms with Crippen LogP contribution in [0.3, 0.4) is 0 Å². The van der Waals surface area contributed by atoms with Gasteiger partial charge in [-0.05, 0) is 72.9 Å². The normalized spacial score (nSPS) is 33.1. The van der Waals surface area contributed by atoms with Gasteiger partial charge in [0.25, 0.3) is 0 Å². The van der Waals surface area contributed by atoms with E-state index in [1.54, 1.807) is 31.4 Å². The molecule has 53 heavy (non-hydrogen) atoms. The fourth-order valence-electron chi connectivity index (χ4n) is 9.24. The highest BCUT2D eigenvalue weighted by Crippen LogP contribution is 2.53. The standard InChI is InChI=1S/C41H49ClN4O7/c1-23-19-31-29(24(2)21-44-34(27-11-7-6-8-12-27)28-13-10-18-43-22-28)17-16-25(3)41(31,50)37(36(23)51-26(4)47)52-38(48)33-20-40(49)30-14-9-15-32(42)35(30)46(5)53-39(40)45-33/h6-15,18-19,22,24-25,29,31,33-34,36-37,39,44-45,49-50H,16-17,20-21H2,1-5H3/t24?,25-,29+,31-,33+,34?,36-,37+,39-,40-,41-/m1/s1. The number of ether oxygens (including phenoxy) is 2. The van der Waals surface area contributed by atoms with Crippen molar-refractivity contribution in [2.45, 2.75) is 88.7 Å². The first-order valence-electron chi connectivity index (χ1n) is 18.5. The molecule has 2 aliphatic carbocycles. The first-order chi connectivity index (χ1) is 25.3. The molecule has 7 rings (SSSR count). The summed E-state index contributed by atoms with van der Waals surface area (Å²) >= 11 is 6.48. The van der Waals surface area contributed by atoms with Crippen molar-refractivity contribution in [3.8, 4) is 0 Å². The molecule has 2 aliphatic heterocycles. The Morgan fingerprint density at radius 2 is 1.85 bits per heavy atom. The van der Waals surface area contributed by atoms with Gasteiger partial charge in [0.1, 0.15) is 17.2 Å². The molecule has 12 heteroatoms. The zero-order chi connectivity index (χ0) is 37.7. The quantitative estimate of drug-likeness (QED) is 0.170. The van der Waals surface area contributed by atoms with E-state index in [-0.39, 0.29) is 30.2 Å². The van der Waals surface area contributed by atoms with Crippen molar-refractivity contribution >= 4 is 29.2 Å². The lowest BCUT2D eigenvalue weighted by atomic mass is 9.55. The molecule has 2 unspecified atom stereocenters. The average molecular weight is 745 g/mol. The molecule has 3 heterocycles. The van der Waals surface area contributed by atoms with Gasteiger partial charge in [0.05, 0.1) is 16.8 Å². The van der Waals surface area contributed by atoms with Crippen LogP contribution in [0.4, 0.5) is 5.69 Å². The molecule has 11 nitrogen and oxygen atoms in total. The van der Waals surface area contributed by atoms with Crippen molar-refractivity contribution in [2.75, 3.05) is 18.7 Å². The van der Waals surface area contributed by atoms with Crippen LogP contribution in [0, 0.1) is 23.7 Å². The number of anilines is 1. The third-order valence-corrected chi connectivity index (χ3v) is 12.3. The Morgan fingerprint density at radius 1 is 1.09 bits per heavy atom. The highest BCUT2D eigenvalue weighted by Gasteiger charge is 2.62. The monoisotopic (exact) mass is 744 g/mol. The third-order valence-electron chi connectivity index (χ3n) is 12.0. The van der Waals surface area contributed by atoms with Gasteiger partial charge >= 0.3 is 11.9 Å². The second-order valence-electron chi connectivity index (χ2n) is 15.3. The number of nitrogens with zero attached hydrogens (tertiary/aromatic N) is 2. The van der Waals surface area contributed by atoms with Crippen molar-refractivity contribution in [3.05, 3.63) is 106 Å². The maximum Gasteiger partial charge on any atom is 0.323 e. The number of hydrogen-bond donors (Lipinski definition) is 4. The number of esters is 2. The van der Waals surface area contributed by atoms with Crippen LogP contribution >= 0.6 is 11.6 Å². The Hall–Kier alpha value is -3.84. The molecule has 1 saturated heterocycles. The lowest BCUT2D eigenvalue weighted by Crippen LogP contribution is -2.66. The van der Waals surface area contributed by atoms with Crippen LogP contribution in [0.25, 0.3) is 0 Å². The maximum atomic E-state index is 14.2. The van der Waals surface area contributed by atoms with Crippen LogP contribution < -0.4 is 15.7 Å². The number of hydroxylamine groups is 1. The van der Waals surface area contributed by atoms with E-state index >= 15 is 0 Å².